The Morgan fingerprint density at radius 3 is 2.20 bits per heavy atom. The van der Waals surface area contributed by atoms with Crippen molar-refractivity contribution in [3.8, 4) is 0 Å². The summed E-state index contributed by atoms with van der Waals surface area (Å²) in [5, 5.41) is 5.83. The quantitative estimate of drug-likeness (QED) is 0.693. The van der Waals surface area contributed by atoms with Gasteiger partial charge < -0.3 is 10.6 Å². The fourth-order valence-corrected chi connectivity index (χ4v) is 3.76. The van der Waals surface area contributed by atoms with Crippen LogP contribution < -0.4 is 10.6 Å². The third kappa shape index (κ3) is 6.29. The van der Waals surface area contributed by atoms with Crippen LogP contribution in [0.2, 0.25) is 0 Å². The van der Waals surface area contributed by atoms with E-state index in [9.17, 15) is 9.59 Å². The lowest BCUT2D eigenvalue weighted by atomic mass is 10.00. The van der Waals surface area contributed by atoms with Crippen LogP contribution in [0, 0.1) is 0 Å². The van der Waals surface area contributed by atoms with Gasteiger partial charge in [0, 0.05) is 31.2 Å². The van der Waals surface area contributed by atoms with Crippen molar-refractivity contribution in [3.63, 3.8) is 0 Å². The number of hydrogen-bond donors (Lipinski definition) is 2. The first-order valence-electron chi connectivity index (χ1n) is 10.7. The molecule has 158 valence electrons. The highest BCUT2D eigenvalue weighted by Crippen LogP contribution is 2.24. The maximum atomic E-state index is 12.5. The van der Waals surface area contributed by atoms with Crippen LogP contribution in [-0.2, 0) is 9.59 Å². The van der Waals surface area contributed by atoms with Crippen LogP contribution in [0.25, 0.3) is 6.08 Å². The van der Waals surface area contributed by atoms with Crippen LogP contribution in [0.4, 0.5) is 0 Å². The fraction of sp³-hybridized carbons (Fsp3) is 0.360. The van der Waals surface area contributed by atoms with Gasteiger partial charge in [0.15, 0.2) is 0 Å². The molecule has 0 bridgehead atoms. The first-order valence-corrected chi connectivity index (χ1v) is 10.7. The third-order valence-corrected chi connectivity index (χ3v) is 5.68. The van der Waals surface area contributed by atoms with Gasteiger partial charge in [-0.05, 0) is 43.9 Å². The zero-order chi connectivity index (χ0) is 21.3. The lowest BCUT2D eigenvalue weighted by Crippen LogP contribution is -2.51. The molecule has 2 N–H and O–H groups in total. The van der Waals surface area contributed by atoms with E-state index >= 15 is 0 Å². The summed E-state index contributed by atoms with van der Waals surface area (Å²) in [6.45, 7) is 5.84. The predicted molar refractivity (Wildman–Crippen MR) is 121 cm³/mol. The molecule has 2 aromatic rings. The summed E-state index contributed by atoms with van der Waals surface area (Å²) in [4.78, 5) is 27.0. The van der Waals surface area contributed by atoms with Gasteiger partial charge in [0.25, 0.3) is 0 Å². The lowest BCUT2D eigenvalue weighted by molar-refractivity contribution is -0.127. The Morgan fingerprint density at radius 2 is 1.57 bits per heavy atom. The Labute approximate surface area is 179 Å². The van der Waals surface area contributed by atoms with E-state index in [2.05, 4.69) is 46.7 Å². The van der Waals surface area contributed by atoms with Gasteiger partial charge in [0.2, 0.25) is 11.8 Å². The smallest absolute Gasteiger partial charge is 0.244 e. The Kier molecular flexibility index (Phi) is 7.80. The van der Waals surface area contributed by atoms with E-state index in [0.29, 0.717) is 6.04 Å². The molecule has 0 radical (unpaired) electrons. The second-order valence-electron chi connectivity index (χ2n) is 7.88. The highest BCUT2D eigenvalue weighted by Gasteiger charge is 2.25. The number of carbonyl (C=O) groups is 2. The molecular formula is C25H31N3O2. The van der Waals surface area contributed by atoms with E-state index in [4.69, 9.17) is 0 Å². The minimum Gasteiger partial charge on any atom is -0.351 e. The molecule has 2 aromatic carbocycles. The van der Waals surface area contributed by atoms with Crippen LogP contribution in [0.5, 0.6) is 0 Å². The molecule has 1 aliphatic heterocycles. The number of likely N-dealkylation sites (tertiary alicyclic amines) is 1. The molecular weight excluding hydrogens is 374 g/mol. The highest BCUT2D eigenvalue weighted by molar-refractivity contribution is 5.95. The van der Waals surface area contributed by atoms with Gasteiger partial charge in [-0.15, -0.1) is 0 Å². The van der Waals surface area contributed by atoms with Gasteiger partial charge >= 0.3 is 0 Å². The van der Waals surface area contributed by atoms with E-state index in [1.807, 2.05) is 36.4 Å². The normalized spacial score (nSPS) is 17.4. The Bertz CT molecular complexity index is 843. The number of amides is 2. The number of nitrogens with zero attached hydrogens (tertiary/aromatic N) is 1. The molecule has 5 nitrogen and oxygen atoms in total. The molecule has 2 unspecified atom stereocenters. The maximum Gasteiger partial charge on any atom is 0.244 e. The number of piperidine rings is 1. The van der Waals surface area contributed by atoms with Gasteiger partial charge in [-0.25, -0.2) is 0 Å². The molecule has 5 heteroatoms. The fourth-order valence-electron chi connectivity index (χ4n) is 3.76. The largest absolute Gasteiger partial charge is 0.351 e. The first kappa shape index (κ1) is 21.8. The van der Waals surface area contributed by atoms with Crippen molar-refractivity contribution >= 4 is 17.9 Å². The molecule has 2 amide bonds. The van der Waals surface area contributed by atoms with Gasteiger partial charge in [-0.3, -0.25) is 14.5 Å². The van der Waals surface area contributed by atoms with E-state index in [0.717, 1.165) is 31.5 Å². The maximum absolute atomic E-state index is 12.5. The summed E-state index contributed by atoms with van der Waals surface area (Å²) in [6.07, 6.45) is 5.03. The standard InChI is InChI=1S/C25H31N3O2/c1-19(26-24(29)14-13-21-9-5-3-6-10-21)25(30)27-23-15-17-28(18-16-23)20(2)22-11-7-4-8-12-22/h3-14,19-20,23H,15-18H2,1-2H3,(H,26,29)(H,27,30)/b14-13+. The Morgan fingerprint density at radius 1 is 0.967 bits per heavy atom. The molecule has 2 atom stereocenters. The predicted octanol–water partition coefficient (Wildman–Crippen LogP) is 3.55. The molecule has 0 aromatic heterocycles. The van der Waals surface area contributed by atoms with Crippen molar-refractivity contribution in [2.75, 3.05) is 13.1 Å². The number of rotatable bonds is 7. The number of nitrogens with one attached hydrogen (secondary N) is 2. The van der Waals surface area contributed by atoms with Crippen molar-refractivity contribution in [2.24, 2.45) is 0 Å². The second-order valence-corrected chi connectivity index (χ2v) is 7.88. The van der Waals surface area contributed by atoms with Crippen molar-refractivity contribution in [2.45, 2.75) is 44.8 Å². The number of hydrogen-bond acceptors (Lipinski definition) is 3. The summed E-state index contributed by atoms with van der Waals surface area (Å²) < 4.78 is 0. The summed E-state index contributed by atoms with van der Waals surface area (Å²) in [5.41, 5.74) is 2.26. The third-order valence-electron chi connectivity index (χ3n) is 5.68. The lowest BCUT2D eigenvalue weighted by Gasteiger charge is -2.36. The minimum atomic E-state index is -0.570. The molecule has 0 aliphatic carbocycles. The van der Waals surface area contributed by atoms with E-state index in [1.54, 1.807) is 13.0 Å². The van der Waals surface area contributed by atoms with E-state index in [-0.39, 0.29) is 17.9 Å². The highest BCUT2D eigenvalue weighted by atomic mass is 16.2. The summed E-state index contributed by atoms with van der Waals surface area (Å²) in [7, 11) is 0. The summed E-state index contributed by atoms with van der Waals surface area (Å²) >= 11 is 0. The number of benzene rings is 2. The van der Waals surface area contributed by atoms with Crippen LogP contribution in [0.15, 0.2) is 66.7 Å². The topological polar surface area (TPSA) is 61.4 Å². The van der Waals surface area contributed by atoms with Gasteiger partial charge in [0.1, 0.15) is 6.04 Å². The van der Waals surface area contributed by atoms with Crippen molar-refractivity contribution in [1.29, 1.82) is 0 Å². The zero-order valence-corrected chi connectivity index (χ0v) is 17.8. The van der Waals surface area contributed by atoms with Gasteiger partial charge in [-0.1, -0.05) is 60.7 Å². The monoisotopic (exact) mass is 405 g/mol. The molecule has 1 saturated heterocycles. The van der Waals surface area contributed by atoms with Crippen LogP contribution >= 0.6 is 0 Å². The molecule has 1 heterocycles. The first-order chi connectivity index (χ1) is 14.5. The summed E-state index contributed by atoms with van der Waals surface area (Å²) in [6, 6.07) is 20.1. The average Bonchev–Trinajstić information content (AvgIpc) is 2.79. The van der Waals surface area contributed by atoms with Crippen molar-refractivity contribution < 1.29 is 9.59 Å². The minimum absolute atomic E-state index is 0.133. The number of carbonyl (C=O) groups excluding carboxylic acids is 2. The molecule has 1 aliphatic rings. The molecule has 0 saturated carbocycles. The van der Waals surface area contributed by atoms with Gasteiger partial charge in [0.05, 0.1) is 0 Å². The van der Waals surface area contributed by atoms with Gasteiger partial charge in [-0.2, -0.15) is 0 Å². The Hall–Kier alpha value is -2.92. The average molecular weight is 406 g/mol. The SMILES string of the molecule is CC(NC(=O)/C=C/c1ccccc1)C(=O)NC1CCN(C(C)c2ccccc2)CC1. The van der Waals surface area contributed by atoms with Crippen LogP contribution in [-0.4, -0.2) is 41.9 Å². The van der Waals surface area contributed by atoms with Crippen LogP contribution in [0.3, 0.4) is 0 Å². The van der Waals surface area contributed by atoms with Crippen molar-refractivity contribution in [3.05, 3.63) is 77.9 Å². The van der Waals surface area contributed by atoms with Crippen molar-refractivity contribution in [1.82, 2.24) is 15.5 Å². The molecule has 30 heavy (non-hydrogen) atoms. The molecule has 1 fully saturated rings. The molecule has 3 rings (SSSR count). The van der Waals surface area contributed by atoms with Crippen LogP contribution in [0.1, 0.15) is 43.9 Å². The summed E-state index contributed by atoms with van der Waals surface area (Å²) in [5.74, 6) is -0.404. The zero-order valence-electron chi connectivity index (χ0n) is 17.8. The van der Waals surface area contributed by atoms with E-state index in [1.165, 1.54) is 11.6 Å². The molecule has 0 spiro atoms. The van der Waals surface area contributed by atoms with E-state index < -0.39 is 6.04 Å². The second kappa shape index (κ2) is 10.7. The Balaban J connectivity index is 1.41.